The minimum Gasteiger partial charge on any atom is -0.388 e. The lowest BCUT2D eigenvalue weighted by Gasteiger charge is -2.20. The summed E-state index contributed by atoms with van der Waals surface area (Å²) in [5, 5.41) is 15.6. The molecule has 6 rings (SSSR count). The molecule has 2 saturated carbocycles. The average Bonchev–Trinajstić information content (AvgIpc) is 3.73. The Morgan fingerprint density at radius 1 is 1.19 bits per heavy atom. The summed E-state index contributed by atoms with van der Waals surface area (Å²) in [5.74, 6) is 1.42. The third-order valence-electron chi connectivity index (χ3n) is 6.91. The largest absolute Gasteiger partial charge is 0.388 e. The van der Waals surface area contributed by atoms with Crippen molar-refractivity contribution in [3.8, 4) is 22.5 Å². The highest BCUT2D eigenvalue weighted by Crippen LogP contribution is 2.52. The summed E-state index contributed by atoms with van der Waals surface area (Å²) in [6.45, 7) is 0. The number of hydrogen-bond acceptors (Lipinski definition) is 5. The first kappa shape index (κ1) is 19.2. The summed E-state index contributed by atoms with van der Waals surface area (Å²) < 4.78 is 3.82. The molecule has 2 fully saturated rings. The minimum atomic E-state index is -0.0447. The van der Waals surface area contributed by atoms with Gasteiger partial charge < -0.3 is 15.6 Å². The third kappa shape index (κ3) is 3.01. The van der Waals surface area contributed by atoms with E-state index in [0.717, 1.165) is 28.2 Å². The molecule has 0 spiro atoms. The number of aromatic amines is 1. The van der Waals surface area contributed by atoms with Gasteiger partial charge in [-0.25, -0.2) is 0 Å². The summed E-state index contributed by atoms with van der Waals surface area (Å²) in [4.78, 5) is 13.5. The molecule has 4 N–H and O–H groups in total. The van der Waals surface area contributed by atoms with Crippen molar-refractivity contribution < 1.29 is 0 Å². The molecule has 0 atom stereocenters. The average molecular weight is 430 g/mol. The van der Waals surface area contributed by atoms with E-state index in [4.69, 9.17) is 10.8 Å². The molecule has 0 unspecified atom stereocenters. The normalized spacial score (nSPS) is 16.2. The molecule has 8 heteroatoms. The van der Waals surface area contributed by atoms with Crippen molar-refractivity contribution in [1.82, 2.24) is 24.5 Å². The number of nitrogens with zero attached hydrogens (tertiary/aromatic N) is 4. The van der Waals surface area contributed by atoms with Crippen molar-refractivity contribution in [2.45, 2.75) is 31.7 Å². The topological polar surface area (TPSA) is 107 Å². The number of pyridine rings is 1. The molecule has 3 heterocycles. The second-order valence-electron chi connectivity index (χ2n) is 9.15. The highest BCUT2D eigenvalue weighted by molar-refractivity contribution is 5.97. The Balaban J connectivity index is 1.54. The number of nitrogens with one attached hydrogen (secondary N) is 2. The third-order valence-corrected chi connectivity index (χ3v) is 6.91. The van der Waals surface area contributed by atoms with Gasteiger partial charge in [0.05, 0.1) is 16.9 Å². The van der Waals surface area contributed by atoms with Crippen molar-refractivity contribution in [2.24, 2.45) is 18.9 Å². The van der Waals surface area contributed by atoms with Gasteiger partial charge in [-0.3, -0.25) is 14.6 Å². The predicted octanol–water partition coefficient (Wildman–Crippen LogP) is 3.78. The second-order valence-corrected chi connectivity index (χ2v) is 9.15. The fourth-order valence-corrected chi connectivity index (χ4v) is 4.99. The lowest BCUT2D eigenvalue weighted by molar-refractivity contribution is 0.386. The van der Waals surface area contributed by atoms with E-state index in [1.54, 1.807) is 0 Å². The molecule has 0 amide bonds. The first-order valence-electron chi connectivity index (χ1n) is 11.3. The molecular formula is C24H27N7O. The van der Waals surface area contributed by atoms with Crippen LogP contribution >= 0.6 is 0 Å². The Hall–Kier alpha value is -3.55. The summed E-state index contributed by atoms with van der Waals surface area (Å²) in [7, 11) is 3.85. The molecule has 4 aromatic rings. The lowest BCUT2D eigenvalue weighted by atomic mass is 10.0. The number of benzene rings is 1. The monoisotopic (exact) mass is 429 g/mol. The van der Waals surface area contributed by atoms with Gasteiger partial charge in [0.15, 0.2) is 5.82 Å². The van der Waals surface area contributed by atoms with E-state index >= 15 is 0 Å². The van der Waals surface area contributed by atoms with E-state index in [-0.39, 0.29) is 17.4 Å². The highest BCUT2D eigenvalue weighted by Gasteiger charge is 2.43. The molecule has 3 aromatic heterocycles. The maximum Gasteiger partial charge on any atom is 0.264 e. The fourth-order valence-electron chi connectivity index (χ4n) is 4.99. The standard InChI is InChI=1S/C24H27N7O/c1-26-16-5-3-4-15(10-16)19-11-18(29-30(19)2)17-12-31(22(13-6-7-13)14-8-9-14)24(32)20-21(17)27-28-23(20)25/h3-5,10-14,22,26H,6-9H2,1-2H3,(H3,25,27,28). The molecular weight excluding hydrogens is 402 g/mol. The molecule has 1 aromatic carbocycles. The number of aromatic nitrogens is 5. The number of H-pyrrole nitrogens is 1. The van der Waals surface area contributed by atoms with Gasteiger partial charge in [-0.15, -0.1) is 0 Å². The molecule has 0 aliphatic heterocycles. The molecule has 8 nitrogen and oxygen atoms in total. The summed E-state index contributed by atoms with van der Waals surface area (Å²) in [6, 6.07) is 10.5. The zero-order chi connectivity index (χ0) is 22.0. The highest BCUT2D eigenvalue weighted by atomic mass is 16.1. The van der Waals surface area contributed by atoms with Gasteiger partial charge in [0.1, 0.15) is 5.39 Å². The zero-order valence-electron chi connectivity index (χ0n) is 18.3. The molecule has 2 aliphatic rings. The van der Waals surface area contributed by atoms with E-state index < -0.39 is 0 Å². The smallest absolute Gasteiger partial charge is 0.264 e. The minimum absolute atomic E-state index is 0.0447. The number of fused-ring (bicyclic) bond motifs is 1. The number of aryl methyl sites for hydroxylation is 1. The van der Waals surface area contributed by atoms with Crippen molar-refractivity contribution in [3.63, 3.8) is 0 Å². The first-order chi connectivity index (χ1) is 15.5. The SMILES string of the molecule is CNc1cccc(-c2cc(-c3cn(C(C4CC4)C4CC4)c(=O)c4c(N)n[nH]c34)nn2C)c1. The van der Waals surface area contributed by atoms with Crippen LogP contribution in [0.2, 0.25) is 0 Å². The number of anilines is 2. The second kappa shape index (κ2) is 6.98. The Morgan fingerprint density at radius 3 is 2.62 bits per heavy atom. The van der Waals surface area contributed by atoms with Crippen LogP contribution in [0.5, 0.6) is 0 Å². The summed E-state index contributed by atoms with van der Waals surface area (Å²) >= 11 is 0. The van der Waals surface area contributed by atoms with E-state index in [1.165, 1.54) is 25.7 Å². The van der Waals surface area contributed by atoms with Crippen LogP contribution in [0.15, 0.2) is 41.3 Å². The maximum atomic E-state index is 13.5. The van der Waals surface area contributed by atoms with Crippen LogP contribution < -0.4 is 16.6 Å². The maximum absolute atomic E-state index is 13.5. The van der Waals surface area contributed by atoms with Crippen molar-refractivity contribution in [3.05, 3.63) is 46.9 Å². The van der Waals surface area contributed by atoms with Gasteiger partial charge in [-0.2, -0.15) is 10.2 Å². The molecule has 32 heavy (non-hydrogen) atoms. The van der Waals surface area contributed by atoms with Crippen LogP contribution in [-0.4, -0.2) is 31.6 Å². The zero-order valence-corrected chi connectivity index (χ0v) is 18.3. The molecule has 164 valence electrons. The van der Waals surface area contributed by atoms with Crippen molar-refractivity contribution >= 4 is 22.4 Å². The van der Waals surface area contributed by atoms with E-state index in [2.05, 4.69) is 33.7 Å². The van der Waals surface area contributed by atoms with E-state index in [9.17, 15) is 4.79 Å². The first-order valence-corrected chi connectivity index (χ1v) is 11.3. The van der Waals surface area contributed by atoms with Crippen LogP contribution in [0.1, 0.15) is 31.7 Å². The molecule has 0 radical (unpaired) electrons. The summed E-state index contributed by atoms with van der Waals surface area (Å²) in [6.07, 6.45) is 6.75. The van der Waals surface area contributed by atoms with Crippen molar-refractivity contribution in [1.29, 1.82) is 0 Å². The molecule has 2 aliphatic carbocycles. The van der Waals surface area contributed by atoms with Crippen LogP contribution in [0.4, 0.5) is 11.5 Å². The number of nitrogen functional groups attached to an aromatic ring is 1. The van der Waals surface area contributed by atoms with E-state index in [0.29, 0.717) is 22.7 Å². The molecule has 0 saturated heterocycles. The van der Waals surface area contributed by atoms with Gasteiger partial charge in [-0.05, 0) is 55.7 Å². The van der Waals surface area contributed by atoms with Crippen LogP contribution in [0.3, 0.4) is 0 Å². The number of nitrogens with two attached hydrogens (primary N) is 1. The number of hydrogen-bond donors (Lipinski definition) is 3. The van der Waals surface area contributed by atoms with Crippen LogP contribution in [-0.2, 0) is 7.05 Å². The number of rotatable bonds is 6. The lowest BCUT2D eigenvalue weighted by Crippen LogP contribution is -2.27. The van der Waals surface area contributed by atoms with Crippen LogP contribution in [0, 0.1) is 11.8 Å². The van der Waals surface area contributed by atoms with Gasteiger partial charge in [-0.1, -0.05) is 12.1 Å². The Kier molecular flexibility index (Phi) is 4.18. The van der Waals surface area contributed by atoms with Gasteiger partial charge in [0.25, 0.3) is 5.56 Å². The van der Waals surface area contributed by atoms with E-state index in [1.807, 2.05) is 41.7 Å². The molecule has 0 bridgehead atoms. The van der Waals surface area contributed by atoms with Gasteiger partial charge in [0, 0.05) is 43.1 Å². The van der Waals surface area contributed by atoms with Crippen LogP contribution in [0.25, 0.3) is 33.4 Å². The fraction of sp³-hybridized carbons (Fsp3) is 0.375. The quantitative estimate of drug-likeness (QED) is 0.432. The van der Waals surface area contributed by atoms with Gasteiger partial charge in [0.2, 0.25) is 0 Å². The van der Waals surface area contributed by atoms with Gasteiger partial charge >= 0.3 is 0 Å². The Labute approximate surface area is 185 Å². The predicted molar refractivity (Wildman–Crippen MR) is 126 cm³/mol. The Morgan fingerprint density at radius 2 is 1.94 bits per heavy atom. The van der Waals surface area contributed by atoms with Crippen molar-refractivity contribution in [2.75, 3.05) is 18.1 Å². The summed E-state index contributed by atoms with van der Waals surface area (Å²) in [5.41, 5.74) is 11.5. The Bertz CT molecular complexity index is 1380.